The fourth-order valence-electron chi connectivity index (χ4n) is 2.04. The molecule has 0 spiro atoms. The second-order valence-electron chi connectivity index (χ2n) is 4.64. The molecule has 0 aliphatic heterocycles. The van der Waals surface area contributed by atoms with Gasteiger partial charge in [0.05, 0.1) is 0 Å². The fourth-order valence-corrected chi connectivity index (χ4v) is 2.04. The largest absolute Gasteiger partial charge is 0.304 e. The molecule has 1 aromatic heterocycles. The molecule has 2 heteroatoms. The zero-order valence-corrected chi connectivity index (χ0v) is 13.8. The van der Waals surface area contributed by atoms with Gasteiger partial charge in [-0.15, -0.1) is 35.9 Å². The van der Waals surface area contributed by atoms with E-state index >= 15 is 0 Å². The molecule has 0 amide bonds. The molecule has 2 aromatic rings. The number of aromatic nitrogens is 1. The fraction of sp³-hybridized carbons (Fsp3) is 0.353. The molecule has 103 valence electrons. The van der Waals surface area contributed by atoms with Crippen molar-refractivity contribution in [3.8, 4) is 11.3 Å². The van der Waals surface area contributed by atoms with Crippen LogP contribution >= 0.6 is 0 Å². The number of benzene rings is 1. The minimum atomic E-state index is 0. The smallest absolute Gasteiger partial charge is 0.0192 e. The van der Waals surface area contributed by atoms with Gasteiger partial charge in [-0.2, -0.15) is 0 Å². The van der Waals surface area contributed by atoms with Crippen LogP contribution in [0.25, 0.3) is 11.3 Å². The summed E-state index contributed by atoms with van der Waals surface area (Å²) in [5.41, 5.74) is 3.41. The molecule has 0 aliphatic carbocycles. The molecular weight excluding hydrogens is 410 g/mol. The second kappa shape index (κ2) is 9.01. The van der Waals surface area contributed by atoms with E-state index in [0.717, 1.165) is 17.7 Å². The summed E-state index contributed by atoms with van der Waals surface area (Å²) in [6.07, 6.45) is 8.37. The van der Waals surface area contributed by atoms with Crippen LogP contribution in [-0.2, 0) is 26.5 Å². The van der Waals surface area contributed by atoms with E-state index in [1.807, 2.05) is 30.5 Å². The van der Waals surface area contributed by atoms with Crippen LogP contribution < -0.4 is 0 Å². The number of rotatable bonds is 6. The van der Waals surface area contributed by atoms with Crippen LogP contribution in [0, 0.1) is 6.07 Å². The summed E-state index contributed by atoms with van der Waals surface area (Å²) in [7, 11) is 0. The van der Waals surface area contributed by atoms with Crippen molar-refractivity contribution in [2.75, 3.05) is 0 Å². The van der Waals surface area contributed by atoms with E-state index in [2.05, 4.69) is 30.1 Å². The van der Waals surface area contributed by atoms with E-state index in [4.69, 9.17) is 0 Å². The van der Waals surface area contributed by atoms with Gasteiger partial charge in [-0.05, 0) is 24.1 Å². The Kier molecular flexibility index (Phi) is 7.62. The van der Waals surface area contributed by atoms with Gasteiger partial charge in [-0.1, -0.05) is 38.3 Å². The molecule has 0 N–H and O–H groups in total. The van der Waals surface area contributed by atoms with Gasteiger partial charge >= 0.3 is 0 Å². The summed E-state index contributed by atoms with van der Waals surface area (Å²) in [6.45, 7) is 2.24. The maximum Gasteiger partial charge on any atom is 0.0192 e. The summed E-state index contributed by atoms with van der Waals surface area (Å²) in [6, 6.07) is 15.5. The molecule has 19 heavy (non-hydrogen) atoms. The van der Waals surface area contributed by atoms with Crippen molar-refractivity contribution in [1.29, 1.82) is 0 Å². The van der Waals surface area contributed by atoms with Crippen LogP contribution in [0.2, 0.25) is 0 Å². The van der Waals surface area contributed by atoms with Gasteiger partial charge in [-0.3, -0.25) is 0 Å². The molecule has 0 saturated carbocycles. The third kappa shape index (κ3) is 5.26. The van der Waals surface area contributed by atoms with Crippen LogP contribution in [0.4, 0.5) is 0 Å². The first-order valence-electron chi connectivity index (χ1n) is 6.82. The monoisotopic (exact) mass is 431 g/mol. The Bertz CT molecular complexity index is 450. The van der Waals surface area contributed by atoms with Crippen LogP contribution in [0.5, 0.6) is 0 Å². The predicted molar refractivity (Wildman–Crippen MR) is 76.4 cm³/mol. The van der Waals surface area contributed by atoms with E-state index in [1.54, 1.807) is 0 Å². The van der Waals surface area contributed by atoms with Gasteiger partial charge < -0.3 is 4.98 Å². The maximum atomic E-state index is 4.52. The third-order valence-corrected chi connectivity index (χ3v) is 3.13. The summed E-state index contributed by atoms with van der Waals surface area (Å²) in [5, 5.41) is 0. The molecular formula is C17H20IrN-. The molecule has 1 aromatic carbocycles. The molecule has 1 radical (unpaired) electrons. The Morgan fingerprint density at radius 2 is 1.95 bits per heavy atom. The van der Waals surface area contributed by atoms with Gasteiger partial charge in [0.15, 0.2) is 0 Å². The summed E-state index contributed by atoms with van der Waals surface area (Å²) in [4.78, 5) is 4.52. The average molecular weight is 431 g/mol. The summed E-state index contributed by atoms with van der Waals surface area (Å²) in [5.74, 6) is 0. The molecule has 0 bridgehead atoms. The van der Waals surface area contributed by atoms with Crippen molar-refractivity contribution in [2.45, 2.75) is 39.0 Å². The van der Waals surface area contributed by atoms with E-state index in [1.165, 1.54) is 31.2 Å². The molecule has 0 fully saturated rings. The van der Waals surface area contributed by atoms with Crippen molar-refractivity contribution in [1.82, 2.24) is 4.98 Å². The van der Waals surface area contributed by atoms with Gasteiger partial charge in [0.25, 0.3) is 0 Å². The average Bonchev–Trinajstić information content (AvgIpc) is 2.45. The first-order chi connectivity index (χ1) is 8.90. The van der Waals surface area contributed by atoms with Crippen molar-refractivity contribution in [3.63, 3.8) is 0 Å². The van der Waals surface area contributed by atoms with Gasteiger partial charge in [0.1, 0.15) is 0 Å². The minimum Gasteiger partial charge on any atom is -0.304 e. The molecule has 0 unspecified atom stereocenters. The molecule has 0 aliphatic rings. The van der Waals surface area contributed by atoms with Crippen LogP contribution in [0.3, 0.4) is 0 Å². The molecule has 0 saturated heterocycles. The summed E-state index contributed by atoms with van der Waals surface area (Å²) >= 11 is 0. The first-order valence-corrected chi connectivity index (χ1v) is 6.82. The Morgan fingerprint density at radius 3 is 2.58 bits per heavy atom. The van der Waals surface area contributed by atoms with Crippen LogP contribution in [0.1, 0.15) is 38.2 Å². The second-order valence-corrected chi connectivity index (χ2v) is 4.64. The third-order valence-electron chi connectivity index (χ3n) is 3.13. The Labute approximate surface area is 129 Å². The van der Waals surface area contributed by atoms with Crippen LogP contribution in [0.15, 0.2) is 42.6 Å². The zero-order valence-electron chi connectivity index (χ0n) is 11.4. The van der Waals surface area contributed by atoms with Crippen molar-refractivity contribution < 1.29 is 20.1 Å². The number of hydrogen-bond acceptors (Lipinski definition) is 1. The standard InChI is InChI=1S/C17H20N.Ir/c1-2-3-4-6-9-15-12-13-17(18-14-15)16-10-7-5-8-11-16;/h5,7-8,10,12-14H,2-4,6,9H2,1H3;/q-1;. The summed E-state index contributed by atoms with van der Waals surface area (Å²) < 4.78 is 0. The number of nitrogens with zero attached hydrogens (tertiary/aromatic N) is 1. The number of aryl methyl sites for hydroxylation is 1. The number of pyridine rings is 1. The Hall–Kier alpha value is -0.981. The Morgan fingerprint density at radius 1 is 1.05 bits per heavy atom. The predicted octanol–water partition coefficient (Wildman–Crippen LogP) is 4.67. The maximum absolute atomic E-state index is 4.52. The number of unbranched alkanes of at least 4 members (excludes halogenated alkanes) is 3. The van der Waals surface area contributed by atoms with Gasteiger partial charge in [0, 0.05) is 26.3 Å². The van der Waals surface area contributed by atoms with E-state index in [0.29, 0.717) is 0 Å². The van der Waals surface area contributed by atoms with E-state index in [9.17, 15) is 0 Å². The SMILES string of the molecule is CCCCCCc1ccc(-c2[c-]cccc2)nc1.[Ir]. The van der Waals surface area contributed by atoms with Crippen molar-refractivity contribution >= 4 is 0 Å². The van der Waals surface area contributed by atoms with Gasteiger partial charge in [0.2, 0.25) is 0 Å². The normalized spacial score (nSPS) is 9.95. The van der Waals surface area contributed by atoms with Crippen LogP contribution in [-0.4, -0.2) is 4.98 Å². The van der Waals surface area contributed by atoms with Crippen molar-refractivity contribution in [2.24, 2.45) is 0 Å². The molecule has 0 atom stereocenters. The molecule has 1 heterocycles. The quantitative estimate of drug-likeness (QED) is 0.479. The number of hydrogen-bond donors (Lipinski definition) is 0. The minimum absolute atomic E-state index is 0. The zero-order chi connectivity index (χ0) is 12.6. The van der Waals surface area contributed by atoms with Crippen molar-refractivity contribution in [3.05, 3.63) is 54.2 Å². The van der Waals surface area contributed by atoms with E-state index in [-0.39, 0.29) is 20.1 Å². The molecule has 1 nitrogen and oxygen atoms in total. The van der Waals surface area contributed by atoms with E-state index < -0.39 is 0 Å². The van der Waals surface area contributed by atoms with Gasteiger partial charge in [-0.25, -0.2) is 0 Å². The molecule has 2 rings (SSSR count). The first kappa shape index (κ1) is 16.1. The Balaban J connectivity index is 0.00000180. The topological polar surface area (TPSA) is 12.9 Å².